The monoisotopic (exact) mass is 327 g/mol. The molecule has 1 unspecified atom stereocenters. The number of likely N-dealkylation sites (N-methyl/N-ethyl adjacent to an activating group) is 1. The Kier molecular flexibility index (Phi) is 7.10. The minimum atomic E-state index is -0.216. The van der Waals surface area contributed by atoms with Crippen molar-refractivity contribution in [3.8, 4) is 0 Å². The molecule has 0 radical (unpaired) electrons. The lowest BCUT2D eigenvalue weighted by Gasteiger charge is -2.18. The van der Waals surface area contributed by atoms with Crippen LogP contribution in [0.2, 0.25) is 0 Å². The minimum Gasteiger partial charge on any atom is -0.463 e. The van der Waals surface area contributed by atoms with Crippen molar-refractivity contribution in [3.05, 3.63) is 35.9 Å². The van der Waals surface area contributed by atoms with Gasteiger partial charge in [0, 0.05) is 13.1 Å². The minimum absolute atomic E-state index is 0.178. The standard InChI is InChI=1S/C15H22BrNO2/c1-12(2)14(16)15(18)19-10-9-17(3)11-13-7-5-4-6-8-13/h4-8,12,14H,9-11H2,1-3H3. The summed E-state index contributed by atoms with van der Waals surface area (Å²) in [5.41, 5.74) is 1.26. The number of hydrogen-bond acceptors (Lipinski definition) is 3. The zero-order valence-electron chi connectivity index (χ0n) is 11.8. The molecule has 1 atom stereocenters. The Hall–Kier alpha value is -0.870. The average Bonchev–Trinajstić information content (AvgIpc) is 2.38. The lowest BCUT2D eigenvalue weighted by molar-refractivity contribution is -0.143. The molecule has 0 amide bonds. The highest BCUT2D eigenvalue weighted by atomic mass is 79.9. The lowest BCUT2D eigenvalue weighted by atomic mass is 10.1. The molecule has 1 rings (SSSR count). The van der Waals surface area contributed by atoms with Crippen LogP contribution in [0, 0.1) is 5.92 Å². The van der Waals surface area contributed by atoms with Crippen molar-refractivity contribution < 1.29 is 9.53 Å². The summed E-state index contributed by atoms with van der Waals surface area (Å²) in [6, 6.07) is 10.3. The van der Waals surface area contributed by atoms with E-state index in [4.69, 9.17) is 4.74 Å². The zero-order chi connectivity index (χ0) is 14.3. The first kappa shape index (κ1) is 16.2. The maximum atomic E-state index is 11.6. The predicted molar refractivity (Wildman–Crippen MR) is 81.3 cm³/mol. The highest BCUT2D eigenvalue weighted by Gasteiger charge is 2.19. The van der Waals surface area contributed by atoms with Crippen LogP contribution in [0.5, 0.6) is 0 Å². The molecule has 0 N–H and O–H groups in total. The fraction of sp³-hybridized carbons (Fsp3) is 0.533. The van der Waals surface area contributed by atoms with Crippen LogP contribution >= 0.6 is 15.9 Å². The summed E-state index contributed by atoms with van der Waals surface area (Å²) < 4.78 is 5.25. The normalized spacial score (nSPS) is 12.7. The molecule has 0 bridgehead atoms. The van der Waals surface area contributed by atoms with Crippen LogP contribution in [-0.4, -0.2) is 35.9 Å². The average molecular weight is 328 g/mol. The molecule has 1 aromatic rings. The number of carbonyl (C=O) groups is 1. The number of alkyl halides is 1. The van der Waals surface area contributed by atoms with Crippen molar-refractivity contribution in [1.29, 1.82) is 0 Å². The largest absolute Gasteiger partial charge is 0.463 e. The van der Waals surface area contributed by atoms with Gasteiger partial charge >= 0.3 is 5.97 Å². The van der Waals surface area contributed by atoms with Gasteiger partial charge in [-0.15, -0.1) is 0 Å². The van der Waals surface area contributed by atoms with Crippen molar-refractivity contribution in [2.24, 2.45) is 5.92 Å². The Labute approximate surface area is 124 Å². The van der Waals surface area contributed by atoms with Gasteiger partial charge in [0.2, 0.25) is 0 Å². The molecule has 4 heteroatoms. The number of benzene rings is 1. The third-order valence-electron chi connectivity index (χ3n) is 2.82. The molecular formula is C15H22BrNO2. The quantitative estimate of drug-likeness (QED) is 0.569. The van der Waals surface area contributed by atoms with E-state index in [1.165, 1.54) is 5.56 Å². The molecular weight excluding hydrogens is 306 g/mol. The highest BCUT2D eigenvalue weighted by Crippen LogP contribution is 2.13. The van der Waals surface area contributed by atoms with Crippen LogP contribution in [0.15, 0.2) is 30.3 Å². The Morgan fingerprint density at radius 1 is 1.32 bits per heavy atom. The highest BCUT2D eigenvalue weighted by molar-refractivity contribution is 9.10. The van der Waals surface area contributed by atoms with Gasteiger partial charge in [-0.2, -0.15) is 0 Å². The van der Waals surface area contributed by atoms with Crippen LogP contribution in [0.1, 0.15) is 19.4 Å². The number of ether oxygens (including phenoxy) is 1. The topological polar surface area (TPSA) is 29.5 Å². The Morgan fingerprint density at radius 2 is 1.95 bits per heavy atom. The first-order chi connectivity index (χ1) is 9.00. The summed E-state index contributed by atoms with van der Waals surface area (Å²) in [5, 5.41) is 0. The van der Waals surface area contributed by atoms with Crippen LogP contribution in [0.3, 0.4) is 0 Å². The number of rotatable bonds is 7. The summed E-state index contributed by atoms with van der Waals surface area (Å²) >= 11 is 3.34. The van der Waals surface area contributed by atoms with E-state index in [0.29, 0.717) is 6.61 Å². The number of nitrogens with zero attached hydrogens (tertiary/aromatic N) is 1. The van der Waals surface area contributed by atoms with Gasteiger partial charge < -0.3 is 4.74 Å². The summed E-state index contributed by atoms with van der Waals surface area (Å²) in [4.78, 5) is 13.6. The summed E-state index contributed by atoms with van der Waals surface area (Å²) in [6.07, 6.45) is 0. The molecule has 19 heavy (non-hydrogen) atoms. The maximum Gasteiger partial charge on any atom is 0.320 e. The van der Waals surface area contributed by atoms with Gasteiger partial charge in [0.15, 0.2) is 0 Å². The second-order valence-corrected chi connectivity index (χ2v) is 6.02. The summed E-state index contributed by atoms with van der Waals surface area (Å²) in [6.45, 7) is 6.00. The molecule has 3 nitrogen and oxygen atoms in total. The van der Waals surface area contributed by atoms with Crippen LogP contribution in [0.25, 0.3) is 0 Å². The van der Waals surface area contributed by atoms with Crippen molar-refractivity contribution in [2.75, 3.05) is 20.2 Å². The third-order valence-corrected chi connectivity index (χ3v) is 4.25. The van der Waals surface area contributed by atoms with Gasteiger partial charge in [0.05, 0.1) is 0 Å². The van der Waals surface area contributed by atoms with Gasteiger partial charge in [-0.1, -0.05) is 60.1 Å². The smallest absolute Gasteiger partial charge is 0.320 e. The van der Waals surface area contributed by atoms with Gasteiger partial charge in [0.1, 0.15) is 11.4 Å². The van der Waals surface area contributed by atoms with Gasteiger partial charge in [-0.25, -0.2) is 0 Å². The molecule has 1 aromatic carbocycles. The Bertz CT molecular complexity index is 381. The van der Waals surface area contributed by atoms with Crippen molar-refractivity contribution in [3.63, 3.8) is 0 Å². The molecule has 0 spiro atoms. The number of hydrogen-bond donors (Lipinski definition) is 0. The molecule has 0 aliphatic heterocycles. The van der Waals surface area contributed by atoms with E-state index in [9.17, 15) is 4.79 Å². The molecule has 0 saturated heterocycles. The van der Waals surface area contributed by atoms with Crippen molar-refractivity contribution in [1.82, 2.24) is 4.90 Å². The van der Waals surface area contributed by atoms with Gasteiger partial charge in [-0.3, -0.25) is 9.69 Å². The van der Waals surface area contributed by atoms with E-state index < -0.39 is 0 Å². The SMILES string of the molecule is CC(C)C(Br)C(=O)OCCN(C)Cc1ccccc1. The van der Waals surface area contributed by atoms with Crippen LogP contribution in [-0.2, 0) is 16.1 Å². The van der Waals surface area contributed by atoms with Crippen LogP contribution in [0.4, 0.5) is 0 Å². The van der Waals surface area contributed by atoms with E-state index >= 15 is 0 Å². The molecule has 0 fully saturated rings. The number of carbonyl (C=O) groups excluding carboxylic acids is 1. The molecule has 106 valence electrons. The van der Waals surface area contributed by atoms with E-state index in [1.54, 1.807) is 0 Å². The molecule has 0 aliphatic carbocycles. The lowest BCUT2D eigenvalue weighted by Crippen LogP contribution is -2.28. The van der Waals surface area contributed by atoms with Gasteiger partial charge in [-0.05, 0) is 18.5 Å². The second kappa shape index (κ2) is 8.33. The van der Waals surface area contributed by atoms with Crippen molar-refractivity contribution in [2.45, 2.75) is 25.2 Å². The Balaban J connectivity index is 2.24. The van der Waals surface area contributed by atoms with E-state index in [2.05, 4.69) is 33.0 Å². The molecule has 0 aromatic heterocycles. The molecule has 0 aliphatic rings. The van der Waals surface area contributed by atoms with Crippen LogP contribution < -0.4 is 0 Å². The first-order valence-electron chi connectivity index (χ1n) is 6.54. The van der Waals surface area contributed by atoms with Crippen molar-refractivity contribution >= 4 is 21.9 Å². The number of esters is 1. The second-order valence-electron chi connectivity index (χ2n) is 5.04. The van der Waals surface area contributed by atoms with E-state index in [0.717, 1.165) is 13.1 Å². The van der Waals surface area contributed by atoms with E-state index in [1.807, 2.05) is 39.1 Å². The van der Waals surface area contributed by atoms with E-state index in [-0.39, 0.29) is 16.7 Å². The van der Waals surface area contributed by atoms with Gasteiger partial charge in [0.25, 0.3) is 0 Å². The maximum absolute atomic E-state index is 11.6. The predicted octanol–water partition coefficient (Wildman–Crippen LogP) is 3.08. The first-order valence-corrected chi connectivity index (χ1v) is 7.45. The summed E-state index contributed by atoms with van der Waals surface area (Å²) in [7, 11) is 2.02. The molecule has 0 heterocycles. The fourth-order valence-corrected chi connectivity index (χ4v) is 1.76. The summed E-state index contributed by atoms with van der Waals surface area (Å²) in [5.74, 6) is 0.0673. The Morgan fingerprint density at radius 3 is 2.53 bits per heavy atom. The molecule has 0 saturated carbocycles. The number of halogens is 1. The third kappa shape index (κ3) is 6.21. The zero-order valence-corrected chi connectivity index (χ0v) is 13.4. The fourth-order valence-electron chi connectivity index (χ4n) is 1.63.